The lowest BCUT2D eigenvalue weighted by molar-refractivity contribution is -0.121. The first-order valence-electron chi connectivity index (χ1n) is 13.5. The number of carbonyl (C=O) groups excluding carboxylic acids is 2. The van der Waals surface area contributed by atoms with E-state index < -0.39 is 5.97 Å². The third kappa shape index (κ3) is 13.4. The zero-order valence-electron chi connectivity index (χ0n) is 21.6. The van der Waals surface area contributed by atoms with Crippen LogP contribution in [0.15, 0.2) is 53.6 Å². The fourth-order valence-corrected chi connectivity index (χ4v) is 4.13. The topological polar surface area (TPSA) is 67.8 Å². The Morgan fingerprint density at radius 3 is 2.00 bits per heavy atom. The number of amides is 1. The number of nitrogens with one attached hydrogen (secondary N) is 1. The molecule has 6 heteroatoms. The van der Waals surface area contributed by atoms with Gasteiger partial charge in [-0.15, -0.1) is 0 Å². The van der Waals surface area contributed by atoms with Crippen molar-refractivity contribution in [3.63, 3.8) is 0 Å². The second kappa shape index (κ2) is 18.6. The standard InChI is InChI=1S/C30H41ClN2O3/c1-2-3-4-5-6-7-8-9-10-11-12-13-14-18-29(34)33-32-24-25-19-21-28(22-20-25)36-30(35)26-16-15-17-27(31)23-26/h15-17,19-24H,2-14,18H2,1H3,(H,33,34)/b32-24-. The molecule has 36 heavy (non-hydrogen) atoms. The third-order valence-electron chi connectivity index (χ3n) is 6.06. The molecule has 0 aliphatic rings. The fourth-order valence-electron chi connectivity index (χ4n) is 3.94. The van der Waals surface area contributed by atoms with Crippen LogP contribution in [0.4, 0.5) is 0 Å². The van der Waals surface area contributed by atoms with Gasteiger partial charge in [0.05, 0.1) is 11.8 Å². The lowest BCUT2D eigenvalue weighted by atomic mass is 10.0. The largest absolute Gasteiger partial charge is 0.423 e. The van der Waals surface area contributed by atoms with Gasteiger partial charge in [-0.05, 0) is 54.4 Å². The molecule has 0 fully saturated rings. The Morgan fingerprint density at radius 1 is 0.833 bits per heavy atom. The Labute approximate surface area is 221 Å². The van der Waals surface area contributed by atoms with E-state index in [9.17, 15) is 9.59 Å². The Morgan fingerprint density at radius 2 is 1.42 bits per heavy atom. The lowest BCUT2D eigenvalue weighted by Gasteiger charge is -2.05. The number of carbonyl (C=O) groups is 2. The third-order valence-corrected chi connectivity index (χ3v) is 6.30. The van der Waals surface area contributed by atoms with Crippen LogP contribution in [-0.4, -0.2) is 18.1 Å². The van der Waals surface area contributed by atoms with Gasteiger partial charge in [0.2, 0.25) is 5.91 Å². The number of rotatable bonds is 18. The molecule has 0 atom stereocenters. The maximum absolute atomic E-state index is 12.2. The molecule has 5 nitrogen and oxygen atoms in total. The highest BCUT2D eigenvalue weighted by Gasteiger charge is 2.08. The fraction of sp³-hybridized carbons (Fsp3) is 0.500. The molecular formula is C30H41ClN2O3. The predicted octanol–water partition coefficient (Wildman–Crippen LogP) is 8.49. The second-order valence-electron chi connectivity index (χ2n) is 9.25. The lowest BCUT2D eigenvalue weighted by Crippen LogP contribution is -2.16. The van der Waals surface area contributed by atoms with Crippen LogP contribution in [0.5, 0.6) is 5.75 Å². The molecule has 1 N–H and O–H groups in total. The molecule has 0 saturated carbocycles. The first-order valence-corrected chi connectivity index (χ1v) is 13.9. The zero-order valence-corrected chi connectivity index (χ0v) is 22.4. The van der Waals surface area contributed by atoms with Crippen LogP contribution < -0.4 is 10.2 Å². The van der Waals surface area contributed by atoms with Crippen LogP contribution in [0.25, 0.3) is 0 Å². The van der Waals surface area contributed by atoms with Crippen LogP contribution in [0.1, 0.15) is 113 Å². The van der Waals surface area contributed by atoms with Crippen molar-refractivity contribution in [2.75, 3.05) is 0 Å². The summed E-state index contributed by atoms with van der Waals surface area (Å²) in [4.78, 5) is 24.2. The predicted molar refractivity (Wildman–Crippen MR) is 149 cm³/mol. The van der Waals surface area contributed by atoms with E-state index in [2.05, 4.69) is 17.5 Å². The minimum Gasteiger partial charge on any atom is -0.423 e. The average Bonchev–Trinajstić information content (AvgIpc) is 2.88. The highest BCUT2D eigenvalue weighted by Crippen LogP contribution is 2.16. The van der Waals surface area contributed by atoms with Crippen LogP contribution in [0, 0.1) is 0 Å². The number of halogens is 1. The van der Waals surface area contributed by atoms with Gasteiger partial charge in [0.1, 0.15) is 5.75 Å². The number of hydrogen-bond donors (Lipinski definition) is 1. The number of unbranched alkanes of at least 4 members (excludes halogenated alkanes) is 12. The summed E-state index contributed by atoms with van der Waals surface area (Å²) in [5.41, 5.74) is 3.76. The molecule has 2 aromatic rings. The normalized spacial score (nSPS) is 11.1. The Hall–Kier alpha value is -2.66. The summed E-state index contributed by atoms with van der Waals surface area (Å²) in [5, 5.41) is 4.50. The Bertz CT molecular complexity index is 928. The van der Waals surface area contributed by atoms with Gasteiger partial charge in [0.15, 0.2) is 0 Å². The summed E-state index contributed by atoms with van der Waals surface area (Å²) in [6, 6.07) is 13.5. The Balaban J connectivity index is 1.51. The molecule has 0 aliphatic heterocycles. The van der Waals surface area contributed by atoms with E-state index in [1.165, 1.54) is 70.6 Å². The molecular weight excluding hydrogens is 472 g/mol. The van der Waals surface area contributed by atoms with Crippen LogP contribution >= 0.6 is 11.6 Å². The van der Waals surface area contributed by atoms with E-state index in [0.29, 0.717) is 22.8 Å². The summed E-state index contributed by atoms with van der Waals surface area (Å²) >= 11 is 5.91. The molecule has 0 saturated heterocycles. The van der Waals surface area contributed by atoms with Gasteiger partial charge in [-0.2, -0.15) is 5.10 Å². The van der Waals surface area contributed by atoms with Crippen molar-refractivity contribution < 1.29 is 14.3 Å². The van der Waals surface area contributed by atoms with Crippen LogP contribution in [0.2, 0.25) is 5.02 Å². The van der Waals surface area contributed by atoms with Crippen molar-refractivity contribution in [1.29, 1.82) is 0 Å². The minimum atomic E-state index is -0.473. The summed E-state index contributed by atoms with van der Waals surface area (Å²) in [6.45, 7) is 2.26. The monoisotopic (exact) mass is 512 g/mol. The number of benzene rings is 2. The van der Waals surface area contributed by atoms with Gasteiger partial charge in [-0.3, -0.25) is 4.79 Å². The molecule has 1 amide bonds. The zero-order chi connectivity index (χ0) is 25.8. The van der Waals surface area contributed by atoms with Crippen LogP contribution in [0.3, 0.4) is 0 Å². The van der Waals surface area contributed by atoms with Gasteiger partial charge in [0.25, 0.3) is 0 Å². The molecule has 0 aliphatic carbocycles. The van der Waals surface area contributed by atoms with E-state index in [1.807, 2.05) is 0 Å². The maximum atomic E-state index is 12.2. The maximum Gasteiger partial charge on any atom is 0.343 e. The smallest absolute Gasteiger partial charge is 0.343 e. The highest BCUT2D eigenvalue weighted by atomic mass is 35.5. The molecule has 0 unspecified atom stereocenters. The molecule has 2 rings (SSSR count). The van der Waals surface area contributed by atoms with Crippen molar-refractivity contribution in [3.8, 4) is 5.75 Å². The van der Waals surface area contributed by atoms with Gasteiger partial charge in [-0.25, -0.2) is 10.2 Å². The highest BCUT2D eigenvalue weighted by molar-refractivity contribution is 6.30. The summed E-state index contributed by atoms with van der Waals surface area (Å²) < 4.78 is 5.35. The second-order valence-corrected chi connectivity index (χ2v) is 9.69. The van der Waals surface area contributed by atoms with E-state index in [0.717, 1.165) is 18.4 Å². The number of hydrazone groups is 1. The van der Waals surface area contributed by atoms with Gasteiger partial charge in [0, 0.05) is 11.4 Å². The molecule has 0 heterocycles. The van der Waals surface area contributed by atoms with Crippen molar-refractivity contribution in [1.82, 2.24) is 5.43 Å². The first kappa shape index (κ1) is 29.6. The van der Waals surface area contributed by atoms with E-state index in [-0.39, 0.29) is 5.91 Å². The average molecular weight is 513 g/mol. The number of nitrogens with zero attached hydrogens (tertiary/aromatic N) is 1. The Kier molecular flexibility index (Phi) is 15.3. The molecule has 0 aromatic heterocycles. The van der Waals surface area contributed by atoms with E-state index in [4.69, 9.17) is 16.3 Å². The summed E-state index contributed by atoms with van der Waals surface area (Å²) in [7, 11) is 0. The minimum absolute atomic E-state index is 0.0682. The SMILES string of the molecule is CCCCCCCCCCCCCCCC(=O)N/N=C\c1ccc(OC(=O)c2cccc(Cl)c2)cc1. The molecule has 196 valence electrons. The van der Waals surface area contributed by atoms with Gasteiger partial charge < -0.3 is 4.74 Å². The van der Waals surface area contributed by atoms with Crippen molar-refractivity contribution in [3.05, 3.63) is 64.7 Å². The molecule has 0 spiro atoms. The van der Waals surface area contributed by atoms with Crippen molar-refractivity contribution >= 4 is 29.7 Å². The van der Waals surface area contributed by atoms with Crippen molar-refractivity contribution in [2.45, 2.75) is 96.8 Å². The summed E-state index contributed by atoms with van der Waals surface area (Å²) in [6.07, 6.45) is 18.8. The number of ether oxygens (including phenoxy) is 1. The summed E-state index contributed by atoms with van der Waals surface area (Å²) in [5.74, 6) is -0.121. The number of hydrogen-bond acceptors (Lipinski definition) is 4. The number of esters is 1. The van der Waals surface area contributed by atoms with E-state index >= 15 is 0 Å². The van der Waals surface area contributed by atoms with Gasteiger partial charge >= 0.3 is 5.97 Å². The van der Waals surface area contributed by atoms with Gasteiger partial charge in [-0.1, -0.05) is 102 Å². The molecule has 0 radical (unpaired) electrons. The quantitative estimate of drug-likeness (QED) is 0.0715. The molecule has 0 bridgehead atoms. The molecule has 2 aromatic carbocycles. The van der Waals surface area contributed by atoms with E-state index in [1.54, 1.807) is 54.7 Å². The first-order chi connectivity index (χ1) is 17.6. The van der Waals surface area contributed by atoms with Crippen LogP contribution in [-0.2, 0) is 4.79 Å². The van der Waals surface area contributed by atoms with Crippen molar-refractivity contribution in [2.24, 2.45) is 5.10 Å².